The van der Waals surface area contributed by atoms with E-state index < -0.39 is 16.9 Å². The third-order valence-electron chi connectivity index (χ3n) is 5.24. The Morgan fingerprint density at radius 3 is 2.32 bits per heavy atom. The summed E-state index contributed by atoms with van der Waals surface area (Å²) >= 11 is 0. The molecule has 3 rings (SSSR count). The molecule has 2 heterocycles. The molecule has 1 saturated heterocycles. The number of esters is 2. The fraction of sp³-hybridized carbons (Fsp3) is 0.368. The van der Waals surface area contributed by atoms with Crippen molar-refractivity contribution in [2.45, 2.75) is 26.8 Å². The fourth-order valence-electron chi connectivity index (χ4n) is 3.83. The van der Waals surface area contributed by atoms with E-state index >= 15 is 0 Å². The zero-order valence-corrected chi connectivity index (χ0v) is 15.4. The first kappa shape index (κ1) is 19.4. The van der Waals surface area contributed by atoms with Crippen LogP contribution >= 0.6 is 0 Å². The first-order valence-corrected chi connectivity index (χ1v) is 8.72. The molecule has 3 atom stereocenters. The first-order chi connectivity index (χ1) is 13.2. The molecule has 2 aliphatic rings. The van der Waals surface area contributed by atoms with Crippen LogP contribution in [0.25, 0.3) is 0 Å². The average molecular weight is 386 g/mol. The van der Waals surface area contributed by atoms with Crippen molar-refractivity contribution in [3.05, 3.63) is 51.2 Å². The summed E-state index contributed by atoms with van der Waals surface area (Å²) in [6.45, 7) is 5.53. The molecule has 0 unspecified atom stereocenters. The molecule has 0 aromatic heterocycles. The molecule has 0 radical (unpaired) electrons. The van der Waals surface area contributed by atoms with Gasteiger partial charge in [-0.25, -0.2) is 9.59 Å². The molecule has 1 amide bonds. The van der Waals surface area contributed by atoms with E-state index in [1.54, 1.807) is 6.92 Å². The molecule has 0 spiro atoms. The molecular formula is C19H18N2O7. The van der Waals surface area contributed by atoms with Crippen LogP contribution in [-0.2, 0) is 19.1 Å². The predicted molar refractivity (Wildman–Crippen MR) is 94.7 cm³/mol. The summed E-state index contributed by atoms with van der Waals surface area (Å²) < 4.78 is 4.84. The van der Waals surface area contributed by atoms with Crippen LogP contribution in [0.4, 0.5) is 5.69 Å². The second kappa shape index (κ2) is 6.99. The Morgan fingerprint density at radius 2 is 1.82 bits per heavy atom. The highest BCUT2D eigenvalue weighted by Gasteiger charge is 2.59. The lowest BCUT2D eigenvalue weighted by molar-refractivity contribution is -0.384. The van der Waals surface area contributed by atoms with Crippen LogP contribution in [0.15, 0.2) is 35.5 Å². The van der Waals surface area contributed by atoms with Crippen LogP contribution in [-0.4, -0.2) is 40.0 Å². The highest BCUT2D eigenvalue weighted by Crippen LogP contribution is 2.48. The fourth-order valence-corrected chi connectivity index (χ4v) is 3.83. The Hall–Kier alpha value is -3.36. The van der Waals surface area contributed by atoms with E-state index in [-0.39, 0.29) is 52.2 Å². The summed E-state index contributed by atoms with van der Waals surface area (Å²) in [5.74, 6) is -3.00. The molecule has 1 aromatic rings. The van der Waals surface area contributed by atoms with E-state index in [4.69, 9.17) is 4.74 Å². The summed E-state index contributed by atoms with van der Waals surface area (Å²) in [5.41, 5.74) is -0.357. The summed E-state index contributed by atoms with van der Waals surface area (Å²) in [4.78, 5) is 60.1. The number of ether oxygens (including phenoxy) is 1. The van der Waals surface area contributed by atoms with Crippen LogP contribution in [0, 0.1) is 27.9 Å². The molecule has 1 aromatic carbocycles. The third-order valence-corrected chi connectivity index (χ3v) is 5.24. The number of nitro groups is 1. The smallest absolute Gasteiger partial charge is 0.363 e. The highest BCUT2D eigenvalue weighted by atomic mass is 16.6. The molecule has 0 bridgehead atoms. The van der Waals surface area contributed by atoms with E-state index in [9.17, 15) is 29.3 Å². The molecular weight excluding hydrogens is 368 g/mol. The molecule has 9 heteroatoms. The lowest BCUT2D eigenvalue weighted by Gasteiger charge is -2.47. The normalized spacial score (nSPS) is 23.4. The number of benzene rings is 1. The minimum Gasteiger partial charge on any atom is -0.385 e. The van der Waals surface area contributed by atoms with Crippen LogP contribution in [0.5, 0.6) is 0 Å². The number of amides is 1. The van der Waals surface area contributed by atoms with Crippen molar-refractivity contribution in [3.8, 4) is 0 Å². The topological polar surface area (TPSA) is 124 Å². The SMILES string of the molecule is CC(C)[C@H]1C(=O)N2C(C(=O)OC(=O)c3ccc([N+](=O)[O-])cc3)=C(C=O)[C@H](C)[C@H]12. The van der Waals surface area contributed by atoms with Crippen LogP contribution in [0.3, 0.4) is 0 Å². The van der Waals surface area contributed by atoms with Gasteiger partial charge < -0.3 is 9.64 Å². The second-order valence-electron chi connectivity index (χ2n) is 7.16. The van der Waals surface area contributed by atoms with Gasteiger partial charge in [0.2, 0.25) is 5.91 Å². The maximum Gasteiger partial charge on any atom is 0.363 e. The van der Waals surface area contributed by atoms with Crippen molar-refractivity contribution >= 4 is 29.8 Å². The van der Waals surface area contributed by atoms with Gasteiger partial charge >= 0.3 is 11.9 Å². The molecule has 0 aliphatic carbocycles. The van der Waals surface area contributed by atoms with Gasteiger partial charge in [-0.3, -0.25) is 19.7 Å². The Balaban J connectivity index is 1.82. The molecule has 2 aliphatic heterocycles. The van der Waals surface area contributed by atoms with E-state index in [1.165, 1.54) is 4.90 Å². The number of carbonyl (C=O) groups excluding carboxylic acids is 4. The number of aldehydes is 1. The minimum absolute atomic E-state index is 0.0428. The lowest BCUT2D eigenvalue weighted by atomic mass is 9.74. The summed E-state index contributed by atoms with van der Waals surface area (Å²) in [6.07, 6.45) is 0.514. The van der Waals surface area contributed by atoms with Gasteiger partial charge in [0.05, 0.1) is 22.4 Å². The van der Waals surface area contributed by atoms with Gasteiger partial charge in [0, 0.05) is 23.6 Å². The van der Waals surface area contributed by atoms with Crippen molar-refractivity contribution < 1.29 is 28.8 Å². The Kier molecular flexibility index (Phi) is 4.84. The van der Waals surface area contributed by atoms with Crippen molar-refractivity contribution in [1.29, 1.82) is 0 Å². The highest BCUT2D eigenvalue weighted by molar-refractivity contribution is 6.09. The standard InChI is InChI=1S/C19H18N2O7/c1-9(2)14-15-10(3)13(8-22)16(20(15)17(14)23)19(25)28-18(24)11-4-6-12(7-5-11)21(26)27/h4-10,14-15H,1-3H3/t10-,14+,15+/m0/s1. The maximum atomic E-state index is 12.6. The number of carbonyl (C=O) groups is 4. The average Bonchev–Trinajstić information content (AvgIpc) is 2.89. The van der Waals surface area contributed by atoms with E-state index in [2.05, 4.69) is 0 Å². The molecule has 1 fully saturated rings. The largest absolute Gasteiger partial charge is 0.385 e. The van der Waals surface area contributed by atoms with Gasteiger partial charge in [0.25, 0.3) is 5.69 Å². The number of fused-ring (bicyclic) bond motifs is 1. The van der Waals surface area contributed by atoms with Crippen molar-refractivity contribution in [1.82, 2.24) is 4.90 Å². The monoisotopic (exact) mass is 386 g/mol. The Labute approximate surface area is 160 Å². The van der Waals surface area contributed by atoms with Crippen molar-refractivity contribution in [2.75, 3.05) is 0 Å². The van der Waals surface area contributed by atoms with Crippen molar-refractivity contribution in [2.24, 2.45) is 17.8 Å². The number of non-ortho nitro benzene ring substituents is 1. The number of hydrogen-bond acceptors (Lipinski definition) is 7. The van der Waals surface area contributed by atoms with E-state index in [0.29, 0.717) is 6.29 Å². The molecule has 28 heavy (non-hydrogen) atoms. The maximum absolute atomic E-state index is 12.6. The Bertz CT molecular complexity index is 917. The van der Waals surface area contributed by atoms with Gasteiger partial charge in [-0.15, -0.1) is 0 Å². The van der Waals surface area contributed by atoms with Gasteiger partial charge in [-0.1, -0.05) is 20.8 Å². The molecule has 146 valence electrons. The molecule has 9 nitrogen and oxygen atoms in total. The van der Waals surface area contributed by atoms with E-state index in [1.807, 2.05) is 13.8 Å². The molecule has 0 saturated carbocycles. The lowest BCUT2D eigenvalue weighted by Crippen LogP contribution is -2.62. The third kappa shape index (κ3) is 2.88. The van der Waals surface area contributed by atoms with Gasteiger partial charge in [-0.05, 0) is 18.1 Å². The second-order valence-corrected chi connectivity index (χ2v) is 7.16. The number of nitro benzene ring substituents is 1. The summed E-state index contributed by atoms with van der Waals surface area (Å²) in [7, 11) is 0. The summed E-state index contributed by atoms with van der Waals surface area (Å²) in [5, 5.41) is 10.7. The molecule has 0 N–H and O–H groups in total. The zero-order chi connectivity index (χ0) is 20.7. The van der Waals surface area contributed by atoms with Crippen LogP contribution in [0.2, 0.25) is 0 Å². The summed E-state index contributed by atoms with van der Waals surface area (Å²) in [6, 6.07) is 4.22. The van der Waals surface area contributed by atoms with Gasteiger partial charge in [0.15, 0.2) is 0 Å². The number of hydrogen-bond donors (Lipinski definition) is 0. The minimum atomic E-state index is -1.09. The zero-order valence-electron chi connectivity index (χ0n) is 15.4. The Morgan fingerprint density at radius 1 is 1.21 bits per heavy atom. The number of rotatable bonds is 5. The van der Waals surface area contributed by atoms with Crippen molar-refractivity contribution in [3.63, 3.8) is 0 Å². The van der Waals surface area contributed by atoms with Gasteiger partial charge in [-0.2, -0.15) is 0 Å². The van der Waals surface area contributed by atoms with Gasteiger partial charge in [0.1, 0.15) is 12.0 Å². The quantitative estimate of drug-likeness (QED) is 0.189. The van der Waals surface area contributed by atoms with Crippen LogP contribution < -0.4 is 0 Å². The predicted octanol–water partition coefficient (Wildman–Crippen LogP) is 1.86. The number of nitrogens with zero attached hydrogens (tertiary/aromatic N) is 2. The number of β-lactam (4-membered cyclic amide) rings is 1. The van der Waals surface area contributed by atoms with Crippen LogP contribution in [0.1, 0.15) is 31.1 Å². The van der Waals surface area contributed by atoms with E-state index in [0.717, 1.165) is 24.3 Å². The first-order valence-electron chi connectivity index (χ1n) is 8.72.